The molecular formula is C15H30N2. The number of hydrogen-bond donors (Lipinski definition) is 1. The predicted molar refractivity (Wildman–Crippen MR) is 74.3 cm³/mol. The molecule has 1 N–H and O–H groups in total. The lowest BCUT2D eigenvalue weighted by Gasteiger charge is -2.41. The van der Waals surface area contributed by atoms with Crippen molar-refractivity contribution in [1.29, 1.82) is 0 Å². The van der Waals surface area contributed by atoms with Crippen LogP contribution in [0.4, 0.5) is 0 Å². The van der Waals surface area contributed by atoms with E-state index >= 15 is 0 Å². The van der Waals surface area contributed by atoms with E-state index in [2.05, 4.69) is 31.1 Å². The van der Waals surface area contributed by atoms with Crippen LogP contribution in [0.3, 0.4) is 0 Å². The first-order chi connectivity index (χ1) is 8.09. The molecule has 2 fully saturated rings. The zero-order valence-corrected chi connectivity index (χ0v) is 12.0. The Labute approximate surface area is 107 Å². The fraction of sp³-hybridized carbons (Fsp3) is 1.00. The van der Waals surface area contributed by atoms with Crippen molar-refractivity contribution in [3.05, 3.63) is 0 Å². The van der Waals surface area contributed by atoms with Crippen LogP contribution in [-0.2, 0) is 0 Å². The molecule has 1 saturated heterocycles. The average molecular weight is 238 g/mol. The van der Waals surface area contributed by atoms with E-state index in [-0.39, 0.29) is 0 Å². The summed E-state index contributed by atoms with van der Waals surface area (Å²) in [4.78, 5) is 2.64. The van der Waals surface area contributed by atoms with Gasteiger partial charge in [-0.15, -0.1) is 0 Å². The summed E-state index contributed by atoms with van der Waals surface area (Å²) in [6, 6.07) is 0.867. The molecule has 1 saturated carbocycles. The van der Waals surface area contributed by atoms with Gasteiger partial charge in [-0.05, 0) is 57.2 Å². The van der Waals surface area contributed by atoms with Crippen LogP contribution >= 0.6 is 0 Å². The Hall–Kier alpha value is -0.0800. The first kappa shape index (κ1) is 13.4. The SMILES string of the molecule is CN(CC(C)(C)C1CCCNC1)C1CCCC1. The maximum absolute atomic E-state index is 3.57. The molecule has 1 heterocycles. The molecule has 2 aliphatic rings. The second kappa shape index (κ2) is 5.71. The summed E-state index contributed by atoms with van der Waals surface area (Å²) in [6.07, 6.45) is 8.52. The van der Waals surface area contributed by atoms with Crippen LogP contribution in [0, 0.1) is 11.3 Å². The lowest BCUT2D eigenvalue weighted by atomic mass is 9.74. The number of nitrogens with zero attached hydrogens (tertiary/aromatic N) is 1. The Bertz CT molecular complexity index is 225. The Kier molecular flexibility index (Phi) is 4.48. The van der Waals surface area contributed by atoms with Crippen LogP contribution in [0.1, 0.15) is 52.4 Å². The van der Waals surface area contributed by atoms with Crippen molar-refractivity contribution in [3.63, 3.8) is 0 Å². The molecule has 1 atom stereocenters. The quantitative estimate of drug-likeness (QED) is 0.810. The monoisotopic (exact) mass is 238 g/mol. The molecule has 0 bridgehead atoms. The Morgan fingerprint density at radius 3 is 2.41 bits per heavy atom. The highest BCUT2D eigenvalue weighted by molar-refractivity contribution is 4.87. The summed E-state index contributed by atoms with van der Waals surface area (Å²) in [5.41, 5.74) is 0.463. The lowest BCUT2D eigenvalue weighted by Crippen LogP contribution is -2.45. The van der Waals surface area contributed by atoms with E-state index in [0.29, 0.717) is 5.41 Å². The average Bonchev–Trinajstić information content (AvgIpc) is 2.83. The number of piperidine rings is 1. The van der Waals surface area contributed by atoms with Crippen molar-refractivity contribution < 1.29 is 0 Å². The maximum atomic E-state index is 3.57. The third kappa shape index (κ3) is 3.45. The van der Waals surface area contributed by atoms with Gasteiger partial charge in [0.05, 0.1) is 0 Å². The van der Waals surface area contributed by atoms with Gasteiger partial charge in [0.15, 0.2) is 0 Å². The molecule has 0 amide bonds. The molecule has 1 aliphatic carbocycles. The molecule has 1 unspecified atom stereocenters. The summed E-state index contributed by atoms with van der Waals surface area (Å²) in [6.45, 7) is 8.66. The van der Waals surface area contributed by atoms with Gasteiger partial charge in [0.1, 0.15) is 0 Å². The Morgan fingerprint density at radius 1 is 1.12 bits per heavy atom. The second-order valence-corrected chi connectivity index (χ2v) is 6.89. The van der Waals surface area contributed by atoms with E-state index in [1.807, 2.05) is 0 Å². The van der Waals surface area contributed by atoms with Crippen molar-refractivity contribution in [2.24, 2.45) is 11.3 Å². The van der Waals surface area contributed by atoms with Crippen LogP contribution in [0.2, 0.25) is 0 Å². The van der Waals surface area contributed by atoms with Gasteiger partial charge in [-0.2, -0.15) is 0 Å². The van der Waals surface area contributed by atoms with Crippen molar-refractivity contribution in [2.45, 2.75) is 58.4 Å². The zero-order valence-electron chi connectivity index (χ0n) is 12.0. The molecule has 100 valence electrons. The van der Waals surface area contributed by atoms with Gasteiger partial charge in [0.2, 0.25) is 0 Å². The third-order valence-electron chi connectivity index (χ3n) is 5.01. The van der Waals surface area contributed by atoms with Gasteiger partial charge < -0.3 is 10.2 Å². The van der Waals surface area contributed by atoms with Crippen LogP contribution in [0.25, 0.3) is 0 Å². The predicted octanol–water partition coefficient (Wildman–Crippen LogP) is 2.89. The van der Waals surface area contributed by atoms with E-state index in [4.69, 9.17) is 0 Å². The summed E-state index contributed by atoms with van der Waals surface area (Å²) < 4.78 is 0. The minimum absolute atomic E-state index is 0.463. The molecule has 0 aromatic rings. The van der Waals surface area contributed by atoms with Crippen molar-refractivity contribution in [2.75, 3.05) is 26.7 Å². The summed E-state index contributed by atoms with van der Waals surface area (Å²) in [7, 11) is 2.34. The summed E-state index contributed by atoms with van der Waals surface area (Å²) in [5, 5.41) is 3.57. The van der Waals surface area contributed by atoms with Crippen molar-refractivity contribution >= 4 is 0 Å². The smallest absolute Gasteiger partial charge is 0.00924 e. The van der Waals surface area contributed by atoms with E-state index in [9.17, 15) is 0 Å². The highest BCUT2D eigenvalue weighted by atomic mass is 15.1. The lowest BCUT2D eigenvalue weighted by molar-refractivity contribution is 0.0926. The van der Waals surface area contributed by atoms with Gasteiger partial charge in [-0.1, -0.05) is 26.7 Å². The van der Waals surface area contributed by atoms with Crippen LogP contribution in [-0.4, -0.2) is 37.6 Å². The van der Waals surface area contributed by atoms with Gasteiger partial charge >= 0.3 is 0 Å². The largest absolute Gasteiger partial charge is 0.316 e. The maximum Gasteiger partial charge on any atom is 0.00924 e. The van der Waals surface area contributed by atoms with E-state index in [0.717, 1.165) is 12.0 Å². The number of rotatable bonds is 4. The molecule has 0 aromatic heterocycles. The molecule has 0 radical (unpaired) electrons. The topological polar surface area (TPSA) is 15.3 Å². The van der Waals surface area contributed by atoms with Gasteiger partial charge in [0, 0.05) is 12.6 Å². The number of nitrogens with one attached hydrogen (secondary N) is 1. The fourth-order valence-corrected chi connectivity index (χ4v) is 3.76. The minimum Gasteiger partial charge on any atom is -0.316 e. The molecule has 0 aromatic carbocycles. The minimum atomic E-state index is 0.463. The molecule has 2 nitrogen and oxygen atoms in total. The highest BCUT2D eigenvalue weighted by Gasteiger charge is 2.33. The van der Waals surface area contributed by atoms with Gasteiger partial charge in [0.25, 0.3) is 0 Å². The first-order valence-corrected chi connectivity index (χ1v) is 7.50. The van der Waals surface area contributed by atoms with Gasteiger partial charge in [-0.25, -0.2) is 0 Å². The van der Waals surface area contributed by atoms with E-state index in [1.54, 1.807) is 0 Å². The molecule has 2 heteroatoms. The van der Waals surface area contributed by atoms with Crippen LogP contribution in [0.5, 0.6) is 0 Å². The molecule has 17 heavy (non-hydrogen) atoms. The Morgan fingerprint density at radius 2 is 1.82 bits per heavy atom. The fourth-order valence-electron chi connectivity index (χ4n) is 3.76. The molecular weight excluding hydrogens is 208 g/mol. The third-order valence-corrected chi connectivity index (χ3v) is 5.01. The Balaban J connectivity index is 1.86. The normalized spacial score (nSPS) is 27.9. The summed E-state index contributed by atoms with van der Waals surface area (Å²) in [5.74, 6) is 0.861. The molecule has 1 aliphatic heterocycles. The molecule has 0 spiro atoms. The van der Waals surface area contributed by atoms with Crippen LogP contribution < -0.4 is 5.32 Å². The zero-order chi connectivity index (χ0) is 12.3. The van der Waals surface area contributed by atoms with E-state index in [1.165, 1.54) is 58.2 Å². The standard InChI is InChI=1S/C15H30N2/c1-15(2,13-7-6-10-16-11-13)12-17(3)14-8-4-5-9-14/h13-14,16H,4-12H2,1-3H3. The summed E-state index contributed by atoms with van der Waals surface area (Å²) >= 11 is 0. The van der Waals surface area contributed by atoms with E-state index < -0.39 is 0 Å². The van der Waals surface area contributed by atoms with Gasteiger partial charge in [-0.3, -0.25) is 0 Å². The van der Waals surface area contributed by atoms with Crippen molar-refractivity contribution in [3.8, 4) is 0 Å². The second-order valence-electron chi connectivity index (χ2n) is 6.89. The van der Waals surface area contributed by atoms with Crippen LogP contribution in [0.15, 0.2) is 0 Å². The molecule has 2 rings (SSSR count). The number of hydrogen-bond acceptors (Lipinski definition) is 2. The van der Waals surface area contributed by atoms with Crippen molar-refractivity contribution in [1.82, 2.24) is 10.2 Å². The first-order valence-electron chi connectivity index (χ1n) is 7.50. The highest BCUT2D eigenvalue weighted by Crippen LogP contribution is 2.34.